The first kappa shape index (κ1) is 29.1. The van der Waals surface area contributed by atoms with Crippen LogP contribution in [-0.4, -0.2) is 91.7 Å². The number of piperidine rings is 1. The van der Waals surface area contributed by atoms with Gasteiger partial charge in [-0.3, -0.25) is 24.7 Å². The number of anilines is 1. The number of para-hydroxylation sites is 1. The molecule has 3 amide bonds. The van der Waals surface area contributed by atoms with Gasteiger partial charge < -0.3 is 9.22 Å². The maximum absolute atomic E-state index is 12.7. The quantitative estimate of drug-likeness (QED) is 0.243. The van der Waals surface area contributed by atoms with E-state index in [0.29, 0.717) is 41.8 Å². The van der Waals surface area contributed by atoms with Gasteiger partial charge in [-0.25, -0.2) is 4.79 Å². The summed E-state index contributed by atoms with van der Waals surface area (Å²) in [5.41, 5.74) is 3.68. The predicted molar refractivity (Wildman–Crippen MR) is 163 cm³/mol. The summed E-state index contributed by atoms with van der Waals surface area (Å²) in [5.74, 6) is 6.11. The molecule has 1 N–H and O–H groups in total. The highest BCUT2D eigenvalue weighted by Crippen LogP contribution is 2.28. The van der Waals surface area contributed by atoms with Gasteiger partial charge in [0.05, 0.1) is 50.5 Å². The number of ether oxygens (including phenoxy) is 1. The van der Waals surface area contributed by atoms with Crippen LogP contribution in [0.5, 0.6) is 0 Å². The van der Waals surface area contributed by atoms with Crippen LogP contribution in [0.15, 0.2) is 78.9 Å². The second-order valence-electron chi connectivity index (χ2n) is 11.4. The van der Waals surface area contributed by atoms with Gasteiger partial charge in [-0.2, -0.15) is 0 Å². The third kappa shape index (κ3) is 7.06. The van der Waals surface area contributed by atoms with E-state index in [1.807, 2.05) is 54.6 Å². The van der Waals surface area contributed by atoms with Gasteiger partial charge >= 0.3 is 6.09 Å². The lowest BCUT2D eigenvalue weighted by molar-refractivity contribution is -0.882. The molecule has 3 aromatic carbocycles. The molecule has 0 radical (unpaired) electrons. The number of likely N-dealkylation sites (N-methyl/N-ethyl adjacent to an activating group) is 1. The van der Waals surface area contributed by atoms with Crippen LogP contribution in [0.2, 0.25) is 0 Å². The number of imide groups is 1. The molecule has 0 aromatic heterocycles. The second kappa shape index (κ2) is 13.0. The average molecular weight is 566 g/mol. The van der Waals surface area contributed by atoms with E-state index in [-0.39, 0.29) is 17.9 Å². The van der Waals surface area contributed by atoms with Gasteiger partial charge in [-0.05, 0) is 42.5 Å². The largest absolute Gasteiger partial charge is 0.446 e. The molecule has 3 aromatic rings. The number of nitrogens with zero attached hydrogens (tertiary/aromatic N) is 3. The fourth-order valence-electron chi connectivity index (χ4n) is 5.27. The molecular formula is C34H37N4O4+. The van der Waals surface area contributed by atoms with Gasteiger partial charge in [-0.1, -0.05) is 66.6 Å². The van der Waals surface area contributed by atoms with Gasteiger partial charge in [0.2, 0.25) is 0 Å². The van der Waals surface area contributed by atoms with Crippen LogP contribution in [0.25, 0.3) is 11.1 Å². The van der Waals surface area contributed by atoms with Crippen LogP contribution in [-0.2, 0) is 4.74 Å². The van der Waals surface area contributed by atoms with Crippen molar-refractivity contribution in [3.8, 4) is 23.0 Å². The van der Waals surface area contributed by atoms with Crippen LogP contribution in [0.3, 0.4) is 0 Å². The molecule has 2 aliphatic heterocycles. The maximum Gasteiger partial charge on any atom is 0.411 e. The van der Waals surface area contributed by atoms with Crippen molar-refractivity contribution in [1.29, 1.82) is 0 Å². The normalized spacial score (nSPS) is 15.6. The lowest BCUT2D eigenvalue weighted by Crippen LogP contribution is -2.47. The Labute approximate surface area is 247 Å². The first-order chi connectivity index (χ1) is 20.3. The summed E-state index contributed by atoms with van der Waals surface area (Å²) >= 11 is 0. The number of hydrogen-bond donors (Lipinski definition) is 1. The molecule has 2 aliphatic rings. The van der Waals surface area contributed by atoms with Crippen molar-refractivity contribution >= 4 is 23.6 Å². The van der Waals surface area contributed by atoms with Crippen molar-refractivity contribution in [2.75, 3.05) is 58.7 Å². The number of rotatable bonds is 8. The Hall–Kier alpha value is -4.45. The second-order valence-corrected chi connectivity index (χ2v) is 11.4. The highest BCUT2D eigenvalue weighted by molar-refractivity contribution is 6.21. The topological polar surface area (TPSA) is 79.0 Å². The van der Waals surface area contributed by atoms with Gasteiger partial charge in [0.25, 0.3) is 11.8 Å². The van der Waals surface area contributed by atoms with Crippen LogP contribution in [0.4, 0.5) is 10.5 Å². The summed E-state index contributed by atoms with van der Waals surface area (Å²) in [5, 5.41) is 2.92. The molecule has 0 aliphatic carbocycles. The summed E-state index contributed by atoms with van der Waals surface area (Å²) in [4.78, 5) is 41.5. The lowest BCUT2D eigenvalue weighted by atomic mass is 10.0. The van der Waals surface area contributed by atoms with E-state index in [1.165, 1.54) is 4.90 Å². The Morgan fingerprint density at radius 2 is 1.45 bits per heavy atom. The summed E-state index contributed by atoms with van der Waals surface area (Å²) in [6, 6.07) is 24.6. The number of fused-ring (bicyclic) bond motifs is 1. The molecule has 0 bridgehead atoms. The smallest absolute Gasteiger partial charge is 0.411 e. The Morgan fingerprint density at radius 1 is 0.857 bits per heavy atom. The van der Waals surface area contributed by atoms with Crippen molar-refractivity contribution in [1.82, 2.24) is 9.80 Å². The number of amides is 3. The van der Waals surface area contributed by atoms with E-state index in [2.05, 4.69) is 36.2 Å². The number of quaternary nitrogens is 1. The summed E-state index contributed by atoms with van der Waals surface area (Å²) < 4.78 is 6.32. The lowest BCUT2D eigenvalue weighted by Gasteiger charge is -2.30. The summed E-state index contributed by atoms with van der Waals surface area (Å²) in [6.45, 7) is 3.88. The zero-order valence-corrected chi connectivity index (χ0v) is 24.2. The minimum absolute atomic E-state index is 0.129. The Balaban J connectivity index is 1.03. The maximum atomic E-state index is 12.7. The zero-order valence-electron chi connectivity index (χ0n) is 24.2. The van der Waals surface area contributed by atoms with Gasteiger partial charge in [-0.15, -0.1) is 0 Å². The number of carbonyl (C=O) groups is 3. The molecule has 42 heavy (non-hydrogen) atoms. The van der Waals surface area contributed by atoms with E-state index in [1.54, 1.807) is 24.3 Å². The minimum atomic E-state index is -0.433. The number of nitrogens with one attached hydrogen (secondary N) is 1. The first-order valence-corrected chi connectivity index (χ1v) is 14.4. The molecule has 8 heteroatoms. The summed E-state index contributed by atoms with van der Waals surface area (Å²) in [7, 11) is 4.11. The molecule has 5 rings (SSSR count). The fraction of sp³-hybridized carbons (Fsp3) is 0.324. The molecular weight excluding hydrogens is 528 g/mol. The van der Waals surface area contributed by atoms with E-state index in [4.69, 9.17) is 4.74 Å². The predicted octanol–water partition coefficient (Wildman–Crippen LogP) is 4.74. The monoisotopic (exact) mass is 565 g/mol. The standard InChI is InChI=1S/C34H36N4O4/c1-38(2,25-23-37-32(39)29-15-6-7-16-30(29)33(37)40)24-11-10-20-36-21-18-27(19-22-36)42-34(41)35-31-17-9-8-14-28(31)26-12-4-3-5-13-26/h3-9,12-17,27H,18-25H2,1-2H3/p+1. The fourth-order valence-corrected chi connectivity index (χ4v) is 5.27. The Morgan fingerprint density at radius 3 is 2.12 bits per heavy atom. The third-order valence-electron chi connectivity index (χ3n) is 7.80. The van der Waals surface area contributed by atoms with E-state index in [0.717, 1.165) is 42.7 Å². The highest BCUT2D eigenvalue weighted by Gasteiger charge is 2.36. The van der Waals surface area contributed by atoms with Crippen molar-refractivity contribution in [2.24, 2.45) is 0 Å². The van der Waals surface area contributed by atoms with Crippen LogP contribution >= 0.6 is 0 Å². The summed E-state index contributed by atoms with van der Waals surface area (Å²) in [6.07, 6.45) is 0.961. The zero-order chi connectivity index (χ0) is 29.5. The molecule has 1 saturated heterocycles. The first-order valence-electron chi connectivity index (χ1n) is 14.4. The van der Waals surface area contributed by atoms with Crippen LogP contribution in [0.1, 0.15) is 33.6 Å². The molecule has 2 heterocycles. The number of likely N-dealkylation sites (tertiary alicyclic amines) is 1. The van der Waals surface area contributed by atoms with Gasteiger partial charge in [0.1, 0.15) is 12.6 Å². The van der Waals surface area contributed by atoms with Crippen molar-refractivity contribution < 1.29 is 23.6 Å². The van der Waals surface area contributed by atoms with E-state index in [9.17, 15) is 14.4 Å². The third-order valence-corrected chi connectivity index (χ3v) is 7.80. The van der Waals surface area contributed by atoms with Crippen molar-refractivity contribution in [3.05, 3.63) is 90.0 Å². The van der Waals surface area contributed by atoms with Gasteiger partial charge in [0.15, 0.2) is 0 Å². The molecule has 1 fully saturated rings. The van der Waals surface area contributed by atoms with E-state index < -0.39 is 6.09 Å². The Bertz CT molecular complexity index is 1470. The average Bonchev–Trinajstić information content (AvgIpc) is 3.24. The SMILES string of the molecule is C[N+](C)(CC#CCN1CCC(OC(=O)Nc2ccccc2-c2ccccc2)CC1)CCN1C(=O)c2ccccc2C1=O. The van der Waals surface area contributed by atoms with Gasteiger partial charge in [0, 0.05) is 18.7 Å². The molecule has 0 unspecified atom stereocenters. The molecule has 0 spiro atoms. The minimum Gasteiger partial charge on any atom is -0.446 e. The Kier molecular flexibility index (Phi) is 9.01. The van der Waals surface area contributed by atoms with E-state index >= 15 is 0 Å². The molecule has 0 atom stereocenters. The van der Waals surface area contributed by atoms with Crippen LogP contribution < -0.4 is 5.32 Å². The number of hydrogen-bond acceptors (Lipinski definition) is 5. The number of carbonyl (C=O) groups excluding carboxylic acids is 3. The van der Waals surface area contributed by atoms with Crippen molar-refractivity contribution in [3.63, 3.8) is 0 Å². The molecule has 216 valence electrons. The molecule has 0 saturated carbocycles. The number of benzene rings is 3. The van der Waals surface area contributed by atoms with Crippen molar-refractivity contribution in [2.45, 2.75) is 18.9 Å². The highest BCUT2D eigenvalue weighted by atomic mass is 16.6. The van der Waals surface area contributed by atoms with Crippen LogP contribution in [0, 0.1) is 11.8 Å². The molecule has 8 nitrogen and oxygen atoms in total.